The first-order valence-electron chi connectivity index (χ1n) is 4.56. The maximum absolute atomic E-state index is 7.91. The smallest absolute Gasteiger partial charge is 0.152 e. The Bertz CT molecular complexity index is 375. The van der Waals surface area contributed by atoms with Gasteiger partial charge >= 0.3 is 0 Å². The summed E-state index contributed by atoms with van der Waals surface area (Å²) >= 11 is 3.26. The van der Waals surface area contributed by atoms with Crippen LogP contribution in [0.2, 0.25) is 0 Å². The second-order valence-electron chi connectivity index (χ2n) is 3.32. The number of pyridine rings is 1. The van der Waals surface area contributed by atoms with E-state index in [1.54, 1.807) is 17.0 Å². The molecule has 1 aromatic heterocycles. The summed E-state index contributed by atoms with van der Waals surface area (Å²) in [7, 11) is 0. The van der Waals surface area contributed by atoms with Crippen LogP contribution in [0.15, 0.2) is 22.8 Å². The third-order valence-corrected chi connectivity index (χ3v) is 2.35. The van der Waals surface area contributed by atoms with E-state index in [0.29, 0.717) is 10.3 Å². The maximum Gasteiger partial charge on any atom is 0.152 e. The van der Waals surface area contributed by atoms with E-state index in [-0.39, 0.29) is 11.9 Å². The second-order valence-corrected chi connectivity index (χ2v) is 4.14. The molecule has 15 heavy (non-hydrogen) atoms. The van der Waals surface area contributed by atoms with Crippen LogP contribution in [0.4, 0.5) is 0 Å². The van der Waals surface area contributed by atoms with Crippen molar-refractivity contribution in [2.75, 3.05) is 0 Å². The topological polar surface area (TPSA) is 63.8 Å². The summed E-state index contributed by atoms with van der Waals surface area (Å²) < 4.78 is 0.693. The van der Waals surface area contributed by atoms with Crippen LogP contribution in [-0.2, 0) is 0 Å². The molecule has 0 unspecified atom stereocenters. The molecule has 2 N–H and O–H groups in total. The van der Waals surface area contributed by atoms with Crippen LogP contribution in [0.1, 0.15) is 19.5 Å². The zero-order valence-corrected chi connectivity index (χ0v) is 10.2. The second kappa shape index (κ2) is 5.02. The number of aromatic nitrogens is 1. The lowest BCUT2D eigenvalue weighted by atomic mass is 10.2. The number of nitrogens with one attached hydrogen (secondary N) is 2. The number of hydrogen-bond donors (Lipinski definition) is 2. The minimum Gasteiger partial charge on any atom is -0.314 e. The molecule has 0 saturated carbocycles. The van der Waals surface area contributed by atoms with Gasteiger partial charge in [-0.1, -0.05) is 6.07 Å². The van der Waals surface area contributed by atoms with Crippen LogP contribution in [0, 0.1) is 10.8 Å². The van der Waals surface area contributed by atoms with E-state index in [0.717, 1.165) is 6.34 Å². The highest BCUT2D eigenvalue weighted by Gasteiger charge is 2.13. The van der Waals surface area contributed by atoms with Gasteiger partial charge in [-0.3, -0.25) is 10.8 Å². The molecule has 0 saturated heterocycles. The van der Waals surface area contributed by atoms with E-state index in [4.69, 9.17) is 10.8 Å². The minimum atomic E-state index is 0.0794. The van der Waals surface area contributed by atoms with Gasteiger partial charge in [0, 0.05) is 6.04 Å². The fraction of sp³-hybridized carbons (Fsp3) is 0.300. The van der Waals surface area contributed by atoms with Gasteiger partial charge in [-0.25, -0.2) is 4.98 Å². The Hall–Kier alpha value is -1.23. The number of nitrogens with zero attached hydrogens (tertiary/aromatic N) is 2. The molecule has 1 rings (SSSR count). The van der Waals surface area contributed by atoms with E-state index in [1.165, 1.54) is 0 Å². The van der Waals surface area contributed by atoms with Crippen LogP contribution >= 0.6 is 15.9 Å². The third kappa shape index (κ3) is 2.86. The number of halogens is 1. The molecule has 0 amide bonds. The third-order valence-electron chi connectivity index (χ3n) is 1.91. The SMILES string of the molecule is CC(C)N(C=N)C(=N)c1cccc(Br)n1. The van der Waals surface area contributed by atoms with Crippen LogP contribution in [0.3, 0.4) is 0 Å². The van der Waals surface area contributed by atoms with Gasteiger partial charge in [0.05, 0.1) is 6.34 Å². The van der Waals surface area contributed by atoms with Crippen LogP contribution in [0.5, 0.6) is 0 Å². The van der Waals surface area contributed by atoms with Gasteiger partial charge in [0.1, 0.15) is 10.3 Å². The Kier molecular flexibility index (Phi) is 3.96. The normalized spacial score (nSPS) is 10.1. The molecular weight excluding hydrogens is 256 g/mol. The first kappa shape index (κ1) is 11.8. The summed E-state index contributed by atoms with van der Waals surface area (Å²) in [5.41, 5.74) is 0.557. The molecule has 0 fully saturated rings. The Labute approximate surface area is 97.5 Å². The molecule has 5 heteroatoms. The molecule has 0 atom stereocenters. The van der Waals surface area contributed by atoms with Crippen molar-refractivity contribution in [3.05, 3.63) is 28.5 Å². The van der Waals surface area contributed by atoms with Crippen molar-refractivity contribution in [1.29, 1.82) is 10.8 Å². The fourth-order valence-electron chi connectivity index (χ4n) is 1.14. The van der Waals surface area contributed by atoms with Gasteiger partial charge < -0.3 is 4.90 Å². The Balaban J connectivity index is 2.98. The summed E-state index contributed by atoms with van der Waals surface area (Å²) in [6.07, 6.45) is 1.15. The zero-order valence-electron chi connectivity index (χ0n) is 8.66. The van der Waals surface area contributed by atoms with Crippen LogP contribution < -0.4 is 0 Å². The molecule has 1 aromatic rings. The maximum atomic E-state index is 7.91. The lowest BCUT2D eigenvalue weighted by Gasteiger charge is -2.23. The molecular formula is C10H13BrN4. The Morgan fingerprint density at radius 2 is 2.20 bits per heavy atom. The molecule has 0 bridgehead atoms. The molecule has 0 aliphatic carbocycles. The molecule has 0 aliphatic rings. The first-order chi connectivity index (χ1) is 7.06. The van der Waals surface area contributed by atoms with Crippen molar-refractivity contribution in [2.24, 2.45) is 0 Å². The number of amidine groups is 1. The monoisotopic (exact) mass is 268 g/mol. The molecule has 1 heterocycles. The molecule has 0 spiro atoms. The quantitative estimate of drug-likeness (QED) is 0.503. The lowest BCUT2D eigenvalue weighted by Crippen LogP contribution is -2.35. The Morgan fingerprint density at radius 1 is 1.53 bits per heavy atom. The number of hydrogen-bond acceptors (Lipinski definition) is 3. The van der Waals surface area contributed by atoms with E-state index < -0.39 is 0 Å². The predicted octanol–water partition coefficient (Wildman–Crippen LogP) is 2.49. The van der Waals surface area contributed by atoms with E-state index >= 15 is 0 Å². The van der Waals surface area contributed by atoms with Crippen molar-refractivity contribution in [3.8, 4) is 0 Å². The van der Waals surface area contributed by atoms with Crippen molar-refractivity contribution < 1.29 is 0 Å². The van der Waals surface area contributed by atoms with E-state index in [9.17, 15) is 0 Å². The van der Waals surface area contributed by atoms with Gasteiger partial charge in [0.25, 0.3) is 0 Å². The summed E-state index contributed by atoms with van der Waals surface area (Å²) in [6.45, 7) is 3.86. The predicted molar refractivity (Wildman–Crippen MR) is 64.5 cm³/mol. The summed E-state index contributed by atoms with van der Waals surface area (Å²) in [6, 6.07) is 5.46. The highest BCUT2D eigenvalue weighted by atomic mass is 79.9. The van der Waals surface area contributed by atoms with E-state index in [1.807, 2.05) is 19.9 Å². The lowest BCUT2D eigenvalue weighted by molar-refractivity contribution is 0.507. The minimum absolute atomic E-state index is 0.0794. The van der Waals surface area contributed by atoms with Gasteiger partial charge in [-0.05, 0) is 41.9 Å². The highest BCUT2D eigenvalue weighted by molar-refractivity contribution is 9.10. The summed E-state index contributed by atoms with van der Waals surface area (Å²) in [5.74, 6) is 0.237. The van der Waals surface area contributed by atoms with Crippen molar-refractivity contribution in [2.45, 2.75) is 19.9 Å². The van der Waals surface area contributed by atoms with Gasteiger partial charge in [0.2, 0.25) is 0 Å². The largest absolute Gasteiger partial charge is 0.314 e. The van der Waals surface area contributed by atoms with Crippen molar-refractivity contribution in [3.63, 3.8) is 0 Å². The fourth-order valence-corrected chi connectivity index (χ4v) is 1.49. The average molecular weight is 269 g/mol. The summed E-state index contributed by atoms with van der Waals surface area (Å²) in [5, 5.41) is 15.1. The van der Waals surface area contributed by atoms with Crippen LogP contribution in [0.25, 0.3) is 0 Å². The van der Waals surface area contributed by atoms with Gasteiger partial charge in [-0.15, -0.1) is 0 Å². The highest BCUT2D eigenvalue weighted by Crippen LogP contribution is 2.09. The zero-order chi connectivity index (χ0) is 11.4. The molecule has 0 aromatic carbocycles. The first-order valence-corrected chi connectivity index (χ1v) is 5.36. The molecule has 80 valence electrons. The van der Waals surface area contributed by atoms with Gasteiger partial charge in [-0.2, -0.15) is 0 Å². The molecule has 0 aliphatic heterocycles. The molecule has 4 nitrogen and oxygen atoms in total. The number of rotatable bonds is 3. The molecule has 0 radical (unpaired) electrons. The van der Waals surface area contributed by atoms with Crippen molar-refractivity contribution in [1.82, 2.24) is 9.88 Å². The summed E-state index contributed by atoms with van der Waals surface area (Å²) in [4.78, 5) is 5.72. The van der Waals surface area contributed by atoms with Gasteiger partial charge in [0.15, 0.2) is 5.84 Å². The standard InChI is InChI=1S/C10H13BrN4/c1-7(2)15(6-12)10(13)8-4-3-5-9(11)14-8/h3-7,12-13H,1-2H3. The Morgan fingerprint density at radius 3 is 2.67 bits per heavy atom. The van der Waals surface area contributed by atoms with Crippen molar-refractivity contribution >= 4 is 28.1 Å². The van der Waals surface area contributed by atoms with E-state index in [2.05, 4.69) is 20.9 Å². The average Bonchev–Trinajstić information content (AvgIpc) is 2.18. The van der Waals surface area contributed by atoms with Crippen LogP contribution in [-0.4, -0.2) is 28.1 Å².